The molecular formula is C2H7I3Si2. The molecule has 0 spiro atoms. The SMILES string of the molecule is CC[SiH](I)[SiH](I)I. The Morgan fingerprint density at radius 1 is 1.29 bits per heavy atom. The topological polar surface area (TPSA) is 0 Å². The van der Waals surface area contributed by atoms with Crippen molar-refractivity contribution in [1.29, 1.82) is 0 Å². The second-order valence-electron chi connectivity index (χ2n) is 1.26. The van der Waals surface area contributed by atoms with Crippen LogP contribution in [0.15, 0.2) is 0 Å². The highest BCUT2D eigenvalue weighted by molar-refractivity contribution is 14.3. The van der Waals surface area contributed by atoms with Crippen LogP contribution < -0.4 is 0 Å². The predicted molar refractivity (Wildman–Crippen MR) is 66.8 cm³/mol. The zero-order chi connectivity index (χ0) is 5.86. The van der Waals surface area contributed by atoms with Crippen molar-refractivity contribution in [2.45, 2.75) is 13.0 Å². The molecule has 0 radical (unpaired) electrons. The molecule has 0 rings (SSSR count). The number of halogens is 3. The highest BCUT2D eigenvalue weighted by atomic mass is 127. The van der Waals surface area contributed by atoms with E-state index in [4.69, 9.17) is 0 Å². The molecule has 0 saturated heterocycles. The molecule has 0 aromatic heterocycles. The molecule has 0 fully saturated rings. The molecule has 0 saturated carbocycles. The summed E-state index contributed by atoms with van der Waals surface area (Å²) in [6.45, 7) is 2.32. The van der Waals surface area contributed by atoms with Crippen molar-refractivity contribution in [3.63, 3.8) is 0 Å². The highest BCUT2D eigenvalue weighted by Gasteiger charge is 2.12. The fourth-order valence-corrected chi connectivity index (χ4v) is 10.8. The van der Waals surface area contributed by atoms with Crippen molar-refractivity contribution in [1.82, 2.24) is 0 Å². The van der Waals surface area contributed by atoms with Crippen LogP contribution in [0.4, 0.5) is 0 Å². The predicted octanol–water partition coefficient (Wildman–Crippen LogP) is 2.33. The van der Waals surface area contributed by atoms with E-state index in [0.717, 1.165) is 0 Å². The Hall–Kier alpha value is 2.62. The van der Waals surface area contributed by atoms with Crippen molar-refractivity contribution in [3.05, 3.63) is 0 Å². The lowest BCUT2D eigenvalue weighted by molar-refractivity contribution is 1.47. The van der Waals surface area contributed by atoms with Gasteiger partial charge in [-0.2, -0.15) is 0 Å². The van der Waals surface area contributed by atoms with Crippen molar-refractivity contribution in [2.24, 2.45) is 0 Å². The van der Waals surface area contributed by atoms with Crippen LogP contribution in [-0.2, 0) is 0 Å². The Labute approximate surface area is 85.9 Å². The molecule has 1 atom stereocenters. The van der Waals surface area contributed by atoms with Crippen molar-refractivity contribution >= 4 is 74.5 Å². The van der Waals surface area contributed by atoms with Gasteiger partial charge in [0, 0.05) is 0 Å². The fourth-order valence-electron chi connectivity index (χ4n) is 0.178. The summed E-state index contributed by atoms with van der Waals surface area (Å²) in [6.07, 6.45) is 0. The van der Waals surface area contributed by atoms with Crippen LogP contribution in [0, 0.1) is 0 Å². The molecule has 0 heterocycles. The molecule has 0 aliphatic heterocycles. The Balaban J connectivity index is 3.14. The molecule has 1 unspecified atom stereocenters. The number of hydrogen-bond acceptors (Lipinski definition) is 0. The molecule has 7 heavy (non-hydrogen) atoms. The third-order valence-corrected chi connectivity index (χ3v) is 54.6. The third kappa shape index (κ3) is 5.09. The van der Waals surface area contributed by atoms with Crippen molar-refractivity contribution < 1.29 is 0 Å². The van der Waals surface area contributed by atoms with Gasteiger partial charge < -0.3 is 0 Å². The van der Waals surface area contributed by atoms with E-state index in [9.17, 15) is 0 Å². The van der Waals surface area contributed by atoms with Crippen LogP contribution >= 0.6 is 65.4 Å². The summed E-state index contributed by atoms with van der Waals surface area (Å²) in [7, 11) is 0. The molecule has 0 bridgehead atoms. The first-order chi connectivity index (χ1) is 3.18. The van der Waals surface area contributed by atoms with Crippen LogP contribution in [0.1, 0.15) is 6.92 Å². The van der Waals surface area contributed by atoms with Gasteiger partial charge in [0.1, 0.15) is 5.81 Å². The summed E-state index contributed by atoms with van der Waals surface area (Å²) >= 11 is 7.98. The van der Waals surface area contributed by atoms with E-state index in [1.54, 1.807) is 0 Å². The van der Waals surface area contributed by atoms with E-state index in [1.807, 2.05) is 0 Å². The van der Waals surface area contributed by atoms with Crippen molar-refractivity contribution in [2.75, 3.05) is 0 Å². The van der Waals surface area contributed by atoms with Gasteiger partial charge in [0.05, 0.1) is 0 Å². The van der Waals surface area contributed by atoms with Gasteiger partial charge in [0.2, 0.25) is 0 Å². The van der Waals surface area contributed by atoms with Gasteiger partial charge in [-0.3, -0.25) is 0 Å². The normalized spacial score (nSPS) is 15.0. The van der Waals surface area contributed by atoms with E-state index in [-0.39, 0.29) is 9.12 Å². The quantitative estimate of drug-likeness (QED) is 0.332. The van der Waals surface area contributed by atoms with Crippen LogP contribution in [0.25, 0.3) is 0 Å². The maximum atomic E-state index is 2.68. The molecule has 0 N–H and O–H groups in total. The second kappa shape index (κ2) is 5.41. The largest absolute Gasteiger partial charge is 0.176 e. The Morgan fingerprint density at radius 3 is 1.71 bits per heavy atom. The Kier molecular flexibility index (Phi) is 7.44. The first-order valence-electron chi connectivity index (χ1n) is 2.10. The molecule has 0 aromatic rings. The van der Waals surface area contributed by atoms with Gasteiger partial charge in [-0.1, -0.05) is 13.0 Å². The van der Waals surface area contributed by atoms with E-state index in [2.05, 4.69) is 72.3 Å². The van der Waals surface area contributed by atoms with Crippen LogP contribution in [0.3, 0.4) is 0 Å². The lowest BCUT2D eigenvalue weighted by atomic mass is 11.0. The number of rotatable bonds is 2. The van der Waals surface area contributed by atoms with Crippen molar-refractivity contribution in [3.8, 4) is 0 Å². The highest BCUT2D eigenvalue weighted by Crippen LogP contribution is 2.16. The minimum Gasteiger partial charge on any atom is -0.125 e. The minimum absolute atomic E-state index is 0.172. The van der Waals surface area contributed by atoms with Crippen LogP contribution in [0.5, 0.6) is 0 Å². The first kappa shape index (κ1) is 9.62. The number of hydrogen-bond donors (Lipinski definition) is 0. The summed E-state index contributed by atoms with van der Waals surface area (Å²) in [5.41, 5.74) is 0. The summed E-state index contributed by atoms with van der Waals surface area (Å²) in [4.78, 5) is 0. The summed E-state index contributed by atoms with van der Waals surface area (Å²) < 4.78 is -0.199. The van der Waals surface area contributed by atoms with Crippen LogP contribution in [0.2, 0.25) is 6.04 Å². The zero-order valence-electron chi connectivity index (χ0n) is 4.00. The van der Waals surface area contributed by atoms with Gasteiger partial charge in [-0.15, -0.1) is 65.4 Å². The van der Waals surface area contributed by atoms with Gasteiger partial charge in [0.25, 0.3) is 0 Å². The third-order valence-electron chi connectivity index (χ3n) is 0.663. The lowest BCUT2D eigenvalue weighted by Gasteiger charge is -2.00. The molecule has 0 aliphatic rings. The monoisotopic (exact) mass is 468 g/mol. The first-order valence-corrected chi connectivity index (χ1v) is 18.1. The van der Waals surface area contributed by atoms with E-state index in [0.29, 0.717) is 0 Å². The van der Waals surface area contributed by atoms with Gasteiger partial charge in [-0.25, -0.2) is 0 Å². The average Bonchev–Trinajstić information content (AvgIpc) is 1.65. The summed E-state index contributed by atoms with van der Waals surface area (Å²) in [6, 6.07) is 1.49. The Bertz CT molecular complexity index is 48.2. The van der Waals surface area contributed by atoms with Gasteiger partial charge >= 0.3 is 0 Å². The van der Waals surface area contributed by atoms with Gasteiger partial charge in [0.15, 0.2) is 3.31 Å². The Morgan fingerprint density at radius 2 is 1.71 bits per heavy atom. The van der Waals surface area contributed by atoms with Gasteiger partial charge in [-0.05, 0) is 0 Å². The van der Waals surface area contributed by atoms with E-state index < -0.39 is 0 Å². The smallest absolute Gasteiger partial charge is 0.125 e. The molecule has 0 aliphatic carbocycles. The lowest BCUT2D eigenvalue weighted by Crippen LogP contribution is -2.14. The molecule has 44 valence electrons. The molecule has 0 nitrogen and oxygen atoms in total. The fraction of sp³-hybridized carbons (Fsp3) is 1.00. The summed E-state index contributed by atoms with van der Waals surface area (Å²) in [5, 5.41) is 0. The zero-order valence-corrected chi connectivity index (χ0v) is 12.8. The van der Waals surface area contributed by atoms with Crippen LogP contribution in [-0.4, -0.2) is 9.12 Å². The van der Waals surface area contributed by atoms with E-state index >= 15 is 0 Å². The summed E-state index contributed by atoms with van der Waals surface area (Å²) in [5.74, 6) is -0.172. The maximum absolute atomic E-state index is 2.68. The standard InChI is InChI=1S/C2H7I3Si2/c1-2-6(3)7(4)5/h6-7H,2H2,1H3. The second-order valence-corrected chi connectivity index (χ2v) is 40.4. The molecule has 0 amide bonds. The molecule has 5 heteroatoms. The minimum atomic E-state index is -0.199. The molecule has 0 aromatic carbocycles. The average molecular weight is 468 g/mol. The maximum Gasteiger partial charge on any atom is 0.176 e. The van der Waals surface area contributed by atoms with E-state index in [1.165, 1.54) is 6.04 Å². The molecular weight excluding hydrogens is 461 g/mol.